The maximum Gasteiger partial charge on any atom is 0.327 e. The van der Waals surface area contributed by atoms with E-state index in [1.807, 2.05) is 6.07 Å². The van der Waals surface area contributed by atoms with Crippen LogP contribution in [0.4, 0.5) is 0 Å². The first kappa shape index (κ1) is 15.5. The second kappa shape index (κ2) is 6.81. The number of hydrazine groups is 1. The standard InChI is InChI=1S/C17H21N3O3/c21-15(19-20-17(23)16(22)18-14-7-8-14)10-11-5-6-12-3-1-2-4-13(12)9-11/h5-6,9,14H,1-4,7-8,10H2,(H,18,22)(H,19,21)(H,20,23). The number of rotatable bonds is 3. The highest BCUT2D eigenvalue weighted by Crippen LogP contribution is 2.22. The number of hydrogen-bond acceptors (Lipinski definition) is 3. The highest BCUT2D eigenvalue weighted by Gasteiger charge is 2.26. The number of aryl methyl sites for hydroxylation is 2. The number of carbonyl (C=O) groups is 3. The molecule has 0 spiro atoms. The summed E-state index contributed by atoms with van der Waals surface area (Å²) in [5.74, 6) is -1.88. The zero-order valence-electron chi connectivity index (χ0n) is 13.0. The molecule has 2 aliphatic rings. The average molecular weight is 315 g/mol. The summed E-state index contributed by atoms with van der Waals surface area (Å²) in [7, 11) is 0. The van der Waals surface area contributed by atoms with E-state index in [0.29, 0.717) is 0 Å². The van der Waals surface area contributed by atoms with Crippen molar-refractivity contribution in [3.05, 3.63) is 34.9 Å². The van der Waals surface area contributed by atoms with Crippen molar-refractivity contribution in [3.63, 3.8) is 0 Å². The summed E-state index contributed by atoms with van der Waals surface area (Å²) in [6.45, 7) is 0. The number of nitrogens with one attached hydrogen (secondary N) is 3. The quantitative estimate of drug-likeness (QED) is 0.562. The molecule has 0 bridgehead atoms. The van der Waals surface area contributed by atoms with Gasteiger partial charge in [0.05, 0.1) is 6.42 Å². The van der Waals surface area contributed by atoms with Crippen molar-refractivity contribution >= 4 is 17.7 Å². The first-order valence-corrected chi connectivity index (χ1v) is 8.12. The molecule has 1 aromatic carbocycles. The van der Waals surface area contributed by atoms with Gasteiger partial charge in [0.1, 0.15) is 0 Å². The summed E-state index contributed by atoms with van der Waals surface area (Å²) in [5, 5.41) is 2.56. The molecule has 6 nitrogen and oxygen atoms in total. The monoisotopic (exact) mass is 315 g/mol. The van der Waals surface area contributed by atoms with Gasteiger partial charge in [-0.25, -0.2) is 0 Å². The molecule has 0 atom stereocenters. The predicted octanol–water partition coefficient (Wildman–Crippen LogP) is 0.534. The van der Waals surface area contributed by atoms with Crippen LogP contribution in [0.5, 0.6) is 0 Å². The van der Waals surface area contributed by atoms with Crippen LogP contribution in [0.25, 0.3) is 0 Å². The molecular weight excluding hydrogens is 294 g/mol. The minimum absolute atomic E-state index is 0.111. The largest absolute Gasteiger partial charge is 0.345 e. The van der Waals surface area contributed by atoms with E-state index in [1.165, 1.54) is 24.0 Å². The van der Waals surface area contributed by atoms with Crippen LogP contribution in [0.15, 0.2) is 18.2 Å². The van der Waals surface area contributed by atoms with Crippen molar-refractivity contribution < 1.29 is 14.4 Å². The van der Waals surface area contributed by atoms with E-state index in [2.05, 4.69) is 28.3 Å². The van der Waals surface area contributed by atoms with Crippen LogP contribution in [0.3, 0.4) is 0 Å². The Morgan fingerprint density at radius 1 is 0.957 bits per heavy atom. The van der Waals surface area contributed by atoms with Crippen LogP contribution in [0, 0.1) is 0 Å². The van der Waals surface area contributed by atoms with Gasteiger partial charge in [-0.2, -0.15) is 0 Å². The van der Waals surface area contributed by atoms with Crippen molar-refractivity contribution in [1.29, 1.82) is 0 Å². The molecule has 23 heavy (non-hydrogen) atoms. The molecule has 2 aliphatic carbocycles. The van der Waals surface area contributed by atoms with Crippen LogP contribution >= 0.6 is 0 Å². The molecule has 3 N–H and O–H groups in total. The van der Waals surface area contributed by atoms with Crippen LogP contribution in [0.2, 0.25) is 0 Å². The van der Waals surface area contributed by atoms with Gasteiger partial charge in [-0.15, -0.1) is 0 Å². The van der Waals surface area contributed by atoms with E-state index in [-0.39, 0.29) is 18.4 Å². The summed E-state index contributed by atoms with van der Waals surface area (Å²) in [4.78, 5) is 34.9. The Morgan fingerprint density at radius 2 is 1.70 bits per heavy atom. The molecule has 0 unspecified atom stereocenters. The Morgan fingerprint density at radius 3 is 2.43 bits per heavy atom. The number of fused-ring (bicyclic) bond motifs is 1. The van der Waals surface area contributed by atoms with E-state index < -0.39 is 11.8 Å². The van der Waals surface area contributed by atoms with Gasteiger partial charge in [-0.3, -0.25) is 25.2 Å². The van der Waals surface area contributed by atoms with Gasteiger partial charge in [-0.1, -0.05) is 18.2 Å². The Kier molecular flexibility index (Phi) is 4.60. The Bertz CT molecular complexity index is 638. The molecule has 0 saturated heterocycles. The number of carbonyl (C=O) groups excluding carboxylic acids is 3. The van der Waals surface area contributed by atoms with Crippen LogP contribution in [-0.2, 0) is 33.6 Å². The molecule has 122 valence electrons. The molecule has 0 radical (unpaired) electrons. The Balaban J connectivity index is 1.47. The fraction of sp³-hybridized carbons (Fsp3) is 0.471. The van der Waals surface area contributed by atoms with Crippen molar-refractivity contribution in [2.45, 2.75) is 51.0 Å². The second-order valence-corrected chi connectivity index (χ2v) is 6.24. The van der Waals surface area contributed by atoms with Gasteiger partial charge in [0.2, 0.25) is 5.91 Å². The zero-order chi connectivity index (χ0) is 16.2. The SMILES string of the molecule is O=C(Cc1ccc2c(c1)CCCC2)NNC(=O)C(=O)NC1CC1. The molecule has 3 rings (SSSR count). The fourth-order valence-electron chi connectivity index (χ4n) is 2.79. The Labute approximate surface area is 135 Å². The molecule has 0 heterocycles. The molecule has 0 aliphatic heterocycles. The summed E-state index contributed by atoms with van der Waals surface area (Å²) >= 11 is 0. The maximum atomic E-state index is 11.9. The van der Waals surface area contributed by atoms with Gasteiger partial charge in [0.15, 0.2) is 0 Å². The zero-order valence-corrected chi connectivity index (χ0v) is 13.0. The molecule has 1 fully saturated rings. The third-order valence-electron chi connectivity index (χ3n) is 4.21. The van der Waals surface area contributed by atoms with E-state index in [9.17, 15) is 14.4 Å². The lowest BCUT2D eigenvalue weighted by Crippen LogP contribution is -2.49. The first-order valence-electron chi connectivity index (χ1n) is 8.12. The minimum Gasteiger partial charge on any atom is -0.345 e. The summed E-state index contributed by atoms with van der Waals surface area (Å²) < 4.78 is 0. The van der Waals surface area contributed by atoms with E-state index in [4.69, 9.17) is 0 Å². The fourth-order valence-corrected chi connectivity index (χ4v) is 2.79. The van der Waals surface area contributed by atoms with Crippen LogP contribution in [0.1, 0.15) is 42.4 Å². The highest BCUT2D eigenvalue weighted by atomic mass is 16.2. The lowest BCUT2D eigenvalue weighted by molar-refractivity contribution is -0.140. The highest BCUT2D eigenvalue weighted by molar-refractivity contribution is 6.35. The van der Waals surface area contributed by atoms with Gasteiger partial charge >= 0.3 is 11.8 Å². The third kappa shape index (κ3) is 4.31. The topological polar surface area (TPSA) is 87.3 Å². The number of hydrogen-bond donors (Lipinski definition) is 3. The summed E-state index contributed by atoms with van der Waals surface area (Å²) in [6, 6.07) is 6.21. The molecule has 1 aromatic rings. The normalized spacial score (nSPS) is 16.2. The van der Waals surface area contributed by atoms with Crippen molar-refractivity contribution in [2.24, 2.45) is 0 Å². The first-order chi connectivity index (χ1) is 11.1. The Hall–Kier alpha value is -2.37. The van der Waals surface area contributed by atoms with Crippen molar-refractivity contribution in [2.75, 3.05) is 0 Å². The molecule has 1 saturated carbocycles. The molecule has 3 amide bonds. The number of benzene rings is 1. The van der Waals surface area contributed by atoms with Crippen LogP contribution < -0.4 is 16.2 Å². The maximum absolute atomic E-state index is 11.9. The predicted molar refractivity (Wildman–Crippen MR) is 84.2 cm³/mol. The van der Waals surface area contributed by atoms with Crippen molar-refractivity contribution in [3.8, 4) is 0 Å². The summed E-state index contributed by atoms with van der Waals surface area (Å²) in [5.41, 5.74) is 8.03. The summed E-state index contributed by atoms with van der Waals surface area (Å²) in [6.07, 6.45) is 6.57. The van der Waals surface area contributed by atoms with Crippen LogP contribution in [-0.4, -0.2) is 23.8 Å². The van der Waals surface area contributed by atoms with Gasteiger partial charge < -0.3 is 5.32 Å². The van der Waals surface area contributed by atoms with Crippen molar-refractivity contribution in [1.82, 2.24) is 16.2 Å². The lowest BCUT2D eigenvalue weighted by atomic mass is 9.90. The van der Waals surface area contributed by atoms with E-state index in [0.717, 1.165) is 31.2 Å². The lowest BCUT2D eigenvalue weighted by Gasteiger charge is -2.16. The average Bonchev–Trinajstić information content (AvgIpc) is 3.36. The second-order valence-electron chi connectivity index (χ2n) is 6.24. The van der Waals surface area contributed by atoms with Gasteiger partial charge in [-0.05, 0) is 55.2 Å². The molecular formula is C17H21N3O3. The van der Waals surface area contributed by atoms with E-state index in [1.54, 1.807) is 0 Å². The third-order valence-corrected chi connectivity index (χ3v) is 4.21. The van der Waals surface area contributed by atoms with Gasteiger partial charge in [0.25, 0.3) is 0 Å². The molecule has 0 aromatic heterocycles. The molecule has 6 heteroatoms. The minimum atomic E-state index is -0.837. The smallest absolute Gasteiger partial charge is 0.327 e. The van der Waals surface area contributed by atoms with Gasteiger partial charge in [0, 0.05) is 6.04 Å². The van der Waals surface area contributed by atoms with E-state index >= 15 is 0 Å². The number of amides is 3.